The minimum Gasteiger partial charge on any atom is -0.301 e. The van der Waals surface area contributed by atoms with E-state index in [1.165, 1.54) is 19.5 Å². The zero-order chi connectivity index (χ0) is 13.1. The molecule has 3 unspecified atom stereocenters. The van der Waals surface area contributed by atoms with E-state index in [1.807, 2.05) is 24.3 Å². The third-order valence-corrected chi connectivity index (χ3v) is 4.24. The fraction of sp³-hybridized carbons (Fsp3) is 0.600. The molecule has 1 nitrogen and oxygen atoms in total. The van der Waals surface area contributed by atoms with Crippen molar-refractivity contribution in [2.75, 3.05) is 19.6 Å². The Balaban J connectivity index is 1.94. The van der Waals surface area contributed by atoms with Crippen molar-refractivity contribution in [1.82, 2.24) is 4.90 Å². The Kier molecular flexibility index (Phi) is 4.94. The van der Waals surface area contributed by atoms with E-state index in [0.717, 1.165) is 29.0 Å². The van der Waals surface area contributed by atoms with Gasteiger partial charge in [-0.15, -0.1) is 11.6 Å². The SMILES string of the molecule is CC1CC(C)CN(CC(Cl)c2ccc(Cl)cc2)C1. The number of nitrogens with zero attached hydrogens (tertiary/aromatic N) is 1. The van der Waals surface area contributed by atoms with E-state index in [1.54, 1.807) is 0 Å². The summed E-state index contributed by atoms with van der Waals surface area (Å²) in [5.74, 6) is 1.56. The molecule has 3 atom stereocenters. The Bertz CT molecular complexity index is 367. The van der Waals surface area contributed by atoms with Crippen LogP contribution in [-0.2, 0) is 0 Å². The van der Waals surface area contributed by atoms with Gasteiger partial charge in [-0.05, 0) is 36.0 Å². The molecule has 1 saturated heterocycles. The van der Waals surface area contributed by atoms with Crippen molar-refractivity contribution in [3.05, 3.63) is 34.9 Å². The van der Waals surface area contributed by atoms with Crippen LogP contribution in [0.2, 0.25) is 5.02 Å². The molecule has 0 N–H and O–H groups in total. The van der Waals surface area contributed by atoms with E-state index in [4.69, 9.17) is 23.2 Å². The van der Waals surface area contributed by atoms with E-state index in [9.17, 15) is 0 Å². The number of hydrogen-bond donors (Lipinski definition) is 0. The summed E-state index contributed by atoms with van der Waals surface area (Å²) in [6, 6.07) is 7.87. The maximum absolute atomic E-state index is 6.50. The van der Waals surface area contributed by atoms with Gasteiger partial charge in [0.25, 0.3) is 0 Å². The molecule has 3 heteroatoms. The fourth-order valence-electron chi connectivity index (χ4n) is 2.94. The Morgan fingerprint density at radius 3 is 2.28 bits per heavy atom. The van der Waals surface area contributed by atoms with E-state index < -0.39 is 0 Å². The summed E-state index contributed by atoms with van der Waals surface area (Å²) in [7, 11) is 0. The standard InChI is InChI=1S/C15H21Cl2N/c1-11-7-12(2)9-18(8-11)10-15(17)13-3-5-14(16)6-4-13/h3-6,11-12,15H,7-10H2,1-2H3. The predicted octanol–water partition coefficient (Wildman–Crippen LogP) is 4.60. The average molecular weight is 286 g/mol. The van der Waals surface area contributed by atoms with Crippen LogP contribution in [0, 0.1) is 11.8 Å². The van der Waals surface area contributed by atoms with Gasteiger partial charge in [-0.25, -0.2) is 0 Å². The third kappa shape index (κ3) is 3.88. The molecular formula is C15H21Cl2N. The summed E-state index contributed by atoms with van der Waals surface area (Å²) >= 11 is 12.4. The van der Waals surface area contributed by atoms with Crippen molar-refractivity contribution in [1.29, 1.82) is 0 Å². The van der Waals surface area contributed by atoms with Crippen LogP contribution < -0.4 is 0 Å². The van der Waals surface area contributed by atoms with Crippen LogP contribution in [0.5, 0.6) is 0 Å². The highest BCUT2D eigenvalue weighted by atomic mass is 35.5. The second-order valence-corrected chi connectivity index (χ2v) is 6.65. The molecule has 100 valence electrons. The quantitative estimate of drug-likeness (QED) is 0.734. The van der Waals surface area contributed by atoms with Crippen LogP contribution in [0.1, 0.15) is 31.2 Å². The first-order valence-corrected chi connectivity index (χ1v) is 7.48. The molecule has 0 spiro atoms. The Labute approximate surface area is 120 Å². The van der Waals surface area contributed by atoms with Gasteiger partial charge >= 0.3 is 0 Å². The second-order valence-electron chi connectivity index (χ2n) is 5.68. The summed E-state index contributed by atoms with van der Waals surface area (Å²) in [5.41, 5.74) is 1.16. The lowest BCUT2D eigenvalue weighted by atomic mass is 9.91. The van der Waals surface area contributed by atoms with Crippen LogP contribution in [0.4, 0.5) is 0 Å². The Morgan fingerprint density at radius 2 is 1.72 bits per heavy atom. The number of hydrogen-bond acceptors (Lipinski definition) is 1. The van der Waals surface area contributed by atoms with Gasteiger partial charge in [0.2, 0.25) is 0 Å². The monoisotopic (exact) mass is 285 g/mol. The molecule has 0 aliphatic carbocycles. The average Bonchev–Trinajstić information content (AvgIpc) is 2.28. The highest BCUT2D eigenvalue weighted by Gasteiger charge is 2.23. The highest BCUT2D eigenvalue weighted by molar-refractivity contribution is 6.30. The van der Waals surface area contributed by atoms with Gasteiger partial charge in [0.1, 0.15) is 0 Å². The number of alkyl halides is 1. The van der Waals surface area contributed by atoms with Crippen molar-refractivity contribution >= 4 is 23.2 Å². The minimum atomic E-state index is 0.0553. The number of halogens is 2. The molecular weight excluding hydrogens is 265 g/mol. The number of piperidine rings is 1. The first-order valence-electron chi connectivity index (χ1n) is 6.66. The van der Waals surface area contributed by atoms with E-state index >= 15 is 0 Å². The maximum atomic E-state index is 6.50. The molecule has 0 saturated carbocycles. The summed E-state index contributed by atoms with van der Waals surface area (Å²) < 4.78 is 0. The molecule has 1 fully saturated rings. The Morgan fingerprint density at radius 1 is 1.17 bits per heavy atom. The first kappa shape index (κ1) is 14.2. The fourth-order valence-corrected chi connectivity index (χ4v) is 3.41. The third-order valence-electron chi connectivity index (χ3n) is 3.59. The molecule has 18 heavy (non-hydrogen) atoms. The van der Waals surface area contributed by atoms with E-state index in [0.29, 0.717) is 0 Å². The van der Waals surface area contributed by atoms with Crippen molar-refractivity contribution in [2.24, 2.45) is 11.8 Å². The van der Waals surface area contributed by atoms with Crippen LogP contribution >= 0.6 is 23.2 Å². The number of rotatable bonds is 3. The topological polar surface area (TPSA) is 3.24 Å². The van der Waals surface area contributed by atoms with E-state index in [-0.39, 0.29) is 5.38 Å². The van der Waals surface area contributed by atoms with Crippen LogP contribution in [0.25, 0.3) is 0 Å². The smallest absolute Gasteiger partial charge is 0.0712 e. The van der Waals surface area contributed by atoms with Gasteiger partial charge in [0.05, 0.1) is 5.38 Å². The molecule has 1 aromatic carbocycles. The van der Waals surface area contributed by atoms with Crippen molar-refractivity contribution < 1.29 is 0 Å². The molecule has 1 aliphatic rings. The van der Waals surface area contributed by atoms with Gasteiger partial charge in [-0.3, -0.25) is 0 Å². The normalized spacial score (nSPS) is 27.1. The van der Waals surface area contributed by atoms with Crippen LogP contribution in [0.3, 0.4) is 0 Å². The van der Waals surface area contributed by atoms with Gasteiger partial charge in [0.15, 0.2) is 0 Å². The molecule has 0 radical (unpaired) electrons. The first-order chi connectivity index (χ1) is 8.54. The zero-order valence-corrected chi connectivity index (χ0v) is 12.6. The van der Waals surface area contributed by atoms with Crippen molar-refractivity contribution in [3.63, 3.8) is 0 Å². The van der Waals surface area contributed by atoms with Gasteiger partial charge in [-0.2, -0.15) is 0 Å². The van der Waals surface area contributed by atoms with E-state index in [2.05, 4.69) is 18.7 Å². The maximum Gasteiger partial charge on any atom is 0.0712 e. The number of benzene rings is 1. The van der Waals surface area contributed by atoms with Gasteiger partial charge in [-0.1, -0.05) is 37.6 Å². The molecule has 1 aromatic rings. The lowest BCUT2D eigenvalue weighted by molar-refractivity contribution is 0.141. The van der Waals surface area contributed by atoms with Crippen LogP contribution in [-0.4, -0.2) is 24.5 Å². The second kappa shape index (κ2) is 6.27. The summed E-state index contributed by atoms with van der Waals surface area (Å²) in [5, 5.41) is 0.822. The molecule has 0 amide bonds. The molecule has 0 aromatic heterocycles. The number of likely N-dealkylation sites (tertiary alicyclic amines) is 1. The summed E-state index contributed by atoms with van der Waals surface area (Å²) in [6.45, 7) is 7.92. The molecule has 1 aliphatic heterocycles. The van der Waals surface area contributed by atoms with Crippen molar-refractivity contribution in [2.45, 2.75) is 25.6 Å². The zero-order valence-electron chi connectivity index (χ0n) is 11.1. The predicted molar refractivity (Wildman–Crippen MR) is 79.4 cm³/mol. The van der Waals surface area contributed by atoms with Crippen LogP contribution in [0.15, 0.2) is 24.3 Å². The lowest BCUT2D eigenvalue weighted by Crippen LogP contribution is -2.40. The largest absolute Gasteiger partial charge is 0.301 e. The van der Waals surface area contributed by atoms with Gasteiger partial charge in [0, 0.05) is 24.7 Å². The summed E-state index contributed by atoms with van der Waals surface area (Å²) in [4.78, 5) is 2.49. The van der Waals surface area contributed by atoms with Crippen molar-refractivity contribution in [3.8, 4) is 0 Å². The molecule has 2 rings (SSSR count). The summed E-state index contributed by atoms with van der Waals surface area (Å²) in [6.07, 6.45) is 1.34. The molecule has 0 bridgehead atoms. The molecule has 1 heterocycles. The Hall–Kier alpha value is -0.240. The lowest BCUT2D eigenvalue weighted by Gasteiger charge is -2.36. The highest BCUT2D eigenvalue weighted by Crippen LogP contribution is 2.27. The van der Waals surface area contributed by atoms with Gasteiger partial charge < -0.3 is 4.90 Å². The minimum absolute atomic E-state index is 0.0553.